The van der Waals surface area contributed by atoms with E-state index < -0.39 is 0 Å². The van der Waals surface area contributed by atoms with E-state index in [1.165, 1.54) is 0 Å². The van der Waals surface area contributed by atoms with Gasteiger partial charge in [0.15, 0.2) is 0 Å². The number of H-pyrrole nitrogens is 1. The van der Waals surface area contributed by atoms with Gasteiger partial charge >= 0.3 is 0 Å². The van der Waals surface area contributed by atoms with Crippen LogP contribution >= 0.6 is 0 Å². The van der Waals surface area contributed by atoms with Crippen LogP contribution in [-0.2, 0) is 11.3 Å². The molecule has 27 heavy (non-hydrogen) atoms. The maximum absolute atomic E-state index is 12.3. The zero-order valence-corrected chi connectivity index (χ0v) is 15.7. The Balaban J connectivity index is 1.52. The predicted octanol–water partition coefficient (Wildman–Crippen LogP) is 3.62. The van der Waals surface area contributed by atoms with E-state index in [0.29, 0.717) is 25.0 Å². The number of rotatable bonds is 7. The molecule has 2 N–H and O–H groups in total. The van der Waals surface area contributed by atoms with E-state index in [2.05, 4.69) is 10.3 Å². The Labute approximate surface area is 158 Å². The summed E-state index contributed by atoms with van der Waals surface area (Å²) in [6, 6.07) is 15.4. The molecular weight excluding hydrogens is 340 g/mol. The van der Waals surface area contributed by atoms with Gasteiger partial charge in [-0.15, -0.1) is 0 Å². The quantitative estimate of drug-likeness (QED) is 0.629. The van der Waals surface area contributed by atoms with Gasteiger partial charge in [0.05, 0.1) is 12.1 Å². The summed E-state index contributed by atoms with van der Waals surface area (Å²) in [4.78, 5) is 27.3. The van der Waals surface area contributed by atoms with Crippen molar-refractivity contribution in [2.75, 3.05) is 6.61 Å². The van der Waals surface area contributed by atoms with E-state index in [9.17, 15) is 9.59 Å². The Morgan fingerprint density at radius 2 is 1.89 bits per heavy atom. The van der Waals surface area contributed by atoms with Crippen molar-refractivity contribution in [3.8, 4) is 5.75 Å². The predicted molar refractivity (Wildman–Crippen MR) is 107 cm³/mol. The van der Waals surface area contributed by atoms with Crippen molar-refractivity contribution >= 4 is 16.8 Å². The minimum atomic E-state index is -0.163. The number of benzene rings is 2. The van der Waals surface area contributed by atoms with Gasteiger partial charge in [0.1, 0.15) is 5.75 Å². The minimum Gasteiger partial charge on any atom is -0.494 e. The van der Waals surface area contributed by atoms with Crippen molar-refractivity contribution in [3.63, 3.8) is 0 Å². The molecule has 140 valence electrons. The highest BCUT2D eigenvalue weighted by atomic mass is 16.5. The molecule has 5 heteroatoms. The number of pyridine rings is 1. The van der Waals surface area contributed by atoms with Gasteiger partial charge in [-0.05, 0) is 55.0 Å². The standard InChI is InChI=1S/C22H24N2O3/c1-15-10-11-17-13-18(22(26)24-21(17)16(15)2)14-23-20(25)9-6-12-27-19-7-4-3-5-8-19/h3-5,7-8,10-11,13H,6,9,12,14H2,1-2H3,(H,23,25)(H,24,26). The third-order valence-electron chi connectivity index (χ3n) is 4.66. The van der Waals surface area contributed by atoms with E-state index >= 15 is 0 Å². The van der Waals surface area contributed by atoms with E-state index in [0.717, 1.165) is 27.8 Å². The normalized spacial score (nSPS) is 10.7. The minimum absolute atomic E-state index is 0.0914. The van der Waals surface area contributed by atoms with Crippen LogP contribution in [0, 0.1) is 13.8 Å². The van der Waals surface area contributed by atoms with Crippen molar-refractivity contribution in [1.82, 2.24) is 10.3 Å². The van der Waals surface area contributed by atoms with Crippen LogP contribution in [0.5, 0.6) is 5.75 Å². The van der Waals surface area contributed by atoms with Gasteiger partial charge in [0, 0.05) is 18.5 Å². The summed E-state index contributed by atoms with van der Waals surface area (Å²) in [7, 11) is 0. The summed E-state index contributed by atoms with van der Waals surface area (Å²) in [5.74, 6) is 0.706. The molecule has 3 aromatic rings. The monoisotopic (exact) mass is 364 g/mol. The van der Waals surface area contributed by atoms with Gasteiger partial charge < -0.3 is 15.0 Å². The van der Waals surface area contributed by atoms with Crippen molar-refractivity contribution < 1.29 is 9.53 Å². The Bertz CT molecular complexity index is 994. The van der Waals surface area contributed by atoms with E-state index in [1.54, 1.807) is 0 Å². The number of ether oxygens (including phenoxy) is 1. The number of aromatic amines is 1. The van der Waals surface area contributed by atoms with Crippen molar-refractivity contribution in [2.45, 2.75) is 33.2 Å². The van der Waals surface area contributed by atoms with Crippen LogP contribution < -0.4 is 15.6 Å². The lowest BCUT2D eigenvalue weighted by Gasteiger charge is -2.09. The molecule has 1 aromatic heterocycles. The van der Waals surface area contributed by atoms with E-state index in [4.69, 9.17) is 4.74 Å². The number of fused-ring (bicyclic) bond motifs is 1. The molecular formula is C22H24N2O3. The molecule has 3 rings (SSSR count). The fraction of sp³-hybridized carbons (Fsp3) is 0.273. The SMILES string of the molecule is Cc1ccc2cc(CNC(=O)CCCOc3ccccc3)c(=O)[nH]c2c1C. The molecule has 1 amide bonds. The molecule has 0 saturated carbocycles. The van der Waals surface area contributed by atoms with Crippen LogP contribution in [0.25, 0.3) is 10.9 Å². The van der Waals surface area contributed by atoms with E-state index in [-0.39, 0.29) is 18.0 Å². The lowest BCUT2D eigenvalue weighted by atomic mass is 10.0. The van der Waals surface area contributed by atoms with Crippen LogP contribution in [0.4, 0.5) is 0 Å². The Morgan fingerprint density at radius 3 is 2.67 bits per heavy atom. The second-order valence-corrected chi connectivity index (χ2v) is 6.64. The molecule has 5 nitrogen and oxygen atoms in total. The topological polar surface area (TPSA) is 71.2 Å². The molecule has 0 saturated heterocycles. The van der Waals surface area contributed by atoms with Crippen LogP contribution in [0.1, 0.15) is 29.5 Å². The third-order valence-corrected chi connectivity index (χ3v) is 4.66. The van der Waals surface area contributed by atoms with Crippen molar-refractivity contribution in [1.29, 1.82) is 0 Å². The summed E-state index contributed by atoms with van der Waals surface area (Å²) in [5.41, 5.74) is 3.45. The number of hydrogen-bond donors (Lipinski definition) is 2. The Hall–Kier alpha value is -3.08. The highest BCUT2D eigenvalue weighted by Gasteiger charge is 2.08. The molecule has 0 bridgehead atoms. The van der Waals surface area contributed by atoms with Crippen LogP contribution in [0.3, 0.4) is 0 Å². The smallest absolute Gasteiger partial charge is 0.253 e. The first-order valence-electron chi connectivity index (χ1n) is 9.11. The summed E-state index contributed by atoms with van der Waals surface area (Å²) in [6.45, 7) is 4.71. The largest absolute Gasteiger partial charge is 0.494 e. The average Bonchev–Trinajstić information content (AvgIpc) is 2.68. The first kappa shape index (κ1) is 18.7. The van der Waals surface area contributed by atoms with Gasteiger partial charge in [-0.25, -0.2) is 0 Å². The molecule has 1 heterocycles. The van der Waals surface area contributed by atoms with Crippen molar-refractivity contribution in [2.24, 2.45) is 0 Å². The third kappa shape index (κ3) is 4.76. The Morgan fingerprint density at radius 1 is 1.11 bits per heavy atom. The van der Waals surface area contributed by atoms with Gasteiger partial charge in [-0.3, -0.25) is 9.59 Å². The number of aromatic nitrogens is 1. The highest BCUT2D eigenvalue weighted by Crippen LogP contribution is 2.18. The Kier molecular flexibility index (Phi) is 5.91. The molecule has 0 spiro atoms. The number of amides is 1. The van der Waals surface area contributed by atoms with Gasteiger partial charge in [-0.1, -0.05) is 30.3 Å². The molecule has 0 radical (unpaired) electrons. The fourth-order valence-corrected chi connectivity index (χ4v) is 2.92. The lowest BCUT2D eigenvalue weighted by molar-refractivity contribution is -0.121. The van der Waals surface area contributed by atoms with Crippen LogP contribution in [0.2, 0.25) is 0 Å². The molecule has 0 aliphatic heterocycles. The average molecular weight is 364 g/mol. The summed E-state index contributed by atoms with van der Waals surface area (Å²) in [6.07, 6.45) is 0.976. The number of nitrogens with one attached hydrogen (secondary N) is 2. The fourth-order valence-electron chi connectivity index (χ4n) is 2.92. The van der Waals surface area contributed by atoms with Crippen molar-refractivity contribution in [3.05, 3.63) is 75.6 Å². The summed E-state index contributed by atoms with van der Waals surface area (Å²) < 4.78 is 5.57. The number of carbonyl (C=O) groups excluding carboxylic acids is 1. The number of para-hydroxylation sites is 1. The molecule has 0 fully saturated rings. The lowest BCUT2D eigenvalue weighted by Crippen LogP contribution is -2.26. The van der Waals surface area contributed by atoms with Crippen LogP contribution in [-0.4, -0.2) is 17.5 Å². The maximum Gasteiger partial charge on any atom is 0.253 e. The summed E-state index contributed by atoms with van der Waals surface area (Å²) >= 11 is 0. The van der Waals surface area contributed by atoms with Gasteiger partial charge in [-0.2, -0.15) is 0 Å². The molecule has 0 atom stereocenters. The zero-order valence-electron chi connectivity index (χ0n) is 15.7. The summed E-state index contributed by atoms with van der Waals surface area (Å²) in [5, 5.41) is 3.79. The number of aryl methyl sites for hydroxylation is 2. The molecule has 0 aliphatic rings. The zero-order chi connectivity index (χ0) is 19.2. The molecule has 0 aliphatic carbocycles. The number of carbonyl (C=O) groups is 1. The van der Waals surface area contributed by atoms with Crippen LogP contribution in [0.15, 0.2) is 53.3 Å². The first-order chi connectivity index (χ1) is 13.0. The molecule has 0 unspecified atom stereocenters. The number of hydrogen-bond acceptors (Lipinski definition) is 3. The molecule has 2 aromatic carbocycles. The van der Waals surface area contributed by atoms with Gasteiger partial charge in [0.25, 0.3) is 5.56 Å². The van der Waals surface area contributed by atoms with E-state index in [1.807, 2.05) is 62.4 Å². The highest BCUT2D eigenvalue weighted by molar-refractivity contribution is 5.83. The second kappa shape index (κ2) is 8.54. The second-order valence-electron chi connectivity index (χ2n) is 6.64. The van der Waals surface area contributed by atoms with Gasteiger partial charge in [0.2, 0.25) is 5.91 Å². The first-order valence-corrected chi connectivity index (χ1v) is 9.11. The maximum atomic E-state index is 12.3.